The van der Waals surface area contributed by atoms with Gasteiger partial charge in [0.25, 0.3) is 0 Å². The van der Waals surface area contributed by atoms with Crippen molar-refractivity contribution < 1.29 is 19.0 Å². The number of carboxylic acid groups (broad SMARTS) is 1. The van der Waals surface area contributed by atoms with Gasteiger partial charge in [-0.3, -0.25) is 4.79 Å². The van der Waals surface area contributed by atoms with E-state index in [1.165, 1.54) is 12.1 Å². The summed E-state index contributed by atoms with van der Waals surface area (Å²) in [5.74, 6) is -0.865. The molecule has 0 amide bonds. The molecule has 2 rings (SSSR count). The van der Waals surface area contributed by atoms with Crippen molar-refractivity contribution in [2.45, 2.75) is 19.3 Å². The van der Waals surface area contributed by atoms with Crippen molar-refractivity contribution in [3.8, 4) is 5.75 Å². The minimum atomic E-state index is -0.984. The largest absolute Gasteiger partial charge is 0.490 e. The van der Waals surface area contributed by atoms with Gasteiger partial charge in [-0.1, -0.05) is 12.1 Å². The Morgan fingerprint density at radius 1 is 1.50 bits per heavy atom. The molecule has 1 aliphatic carbocycles. The van der Waals surface area contributed by atoms with Crippen molar-refractivity contribution in [2.75, 3.05) is 6.61 Å². The predicted octanol–water partition coefficient (Wildman–Crippen LogP) is 2.24. The third kappa shape index (κ3) is 2.72. The highest BCUT2D eigenvalue weighted by Gasteiger charge is 2.23. The molecule has 1 aromatic rings. The highest BCUT2D eigenvalue weighted by molar-refractivity contribution is 5.71. The van der Waals surface area contributed by atoms with Crippen LogP contribution in [-0.2, 0) is 11.2 Å². The van der Waals surface area contributed by atoms with Crippen LogP contribution in [0.3, 0.4) is 0 Å². The molecule has 0 bridgehead atoms. The maximum Gasteiger partial charge on any atom is 0.307 e. The van der Waals surface area contributed by atoms with Crippen LogP contribution >= 0.6 is 0 Å². The van der Waals surface area contributed by atoms with Crippen LogP contribution in [-0.4, -0.2) is 17.7 Å². The lowest BCUT2D eigenvalue weighted by atomic mass is 10.1. The third-order valence-electron chi connectivity index (χ3n) is 2.55. The Morgan fingerprint density at radius 2 is 2.25 bits per heavy atom. The molecule has 0 atom stereocenters. The van der Waals surface area contributed by atoms with E-state index in [-0.39, 0.29) is 12.2 Å². The van der Waals surface area contributed by atoms with E-state index >= 15 is 0 Å². The number of ether oxygens (including phenoxy) is 1. The summed E-state index contributed by atoms with van der Waals surface area (Å²) in [5, 5.41) is 8.69. The molecule has 4 heteroatoms. The standard InChI is InChI=1S/C12H13FO3/c13-10-3-1-2-9(6-11(14)15)12(10)16-7-8-4-5-8/h1-3,8H,4-7H2,(H,14,15). The Hall–Kier alpha value is -1.58. The molecule has 0 unspecified atom stereocenters. The average Bonchev–Trinajstić information content (AvgIpc) is 2.99. The summed E-state index contributed by atoms with van der Waals surface area (Å²) in [6.45, 7) is 0.480. The number of halogens is 1. The second kappa shape index (κ2) is 4.51. The first-order chi connectivity index (χ1) is 7.66. The second-order valence-electron chi connectivity index (χ2n) is 4.05. The minimum Gasteiger partial charge on any atom is -0.490 e. The van der Waals surface area contributed by atoms with Crippen molar-refractivity contribution in [1.82, 2.24) is 0 Å². The Morgan fingerprint density at radius 3 is 2.88 bits per heavy atom. The van der Waals surface area contributed by atoms with Crippen LogP contribution in [0.15, 0.2) is 18.2 Å². The Labute approximate surface area is 92.9 Å². The van der Waals surface area contributed by atoms with Crippen LogP contribution < -0.4 is 4.74 Å². The van der Waals surface area contributed by atoms with E-state index in [2.05, 4.69) is 0 Å². The fraction of sp³-hybridized carbons (Fsp3) is 0.417. The number of carboxylic acids is 1. The summed E-state index contributed by atoms with van der Waals surface area (Å²) in [6, 6.07) is 4.37. The minimum absolute atomic E-state index is 0.0943. The molecule has 1 fully saturated rings. The van der Waals surface area contributed by atoms with Crippen LogP contribution in [0.25, 0.3) is 0 Å². The fourth-order valence-corrected chi connectivity index (χ4v) is 1.50. The summed E-state index contributed by atoms with van der Waals surface area (Å²) >= 11 is 0. The molecular formula is C12H13FO3. The highest BCUT2D eigenvalue weighted by Crippen LogP contribution is 2.31. The summed E-state index contributed by atoms with van der Waals surface area (Å²) in [5.41, 5.74) is 0.396. The number of rotatable bonds is 5. The van der Waals surface area contributed by atoms with Gasteiger partial charge in [-0.05, 0) is 24.8 Å². The number of benzene rings is 1. The SMILES string of the molecule is O=C(O)Cc1cccc(F)c1OCC1CC1. The molecule has 0 spiro atoms. The summed E-state index contributed by atoms with van der Waals surface area (Å²) in [7, 11) is 0. The maximum atomic E-state index is 13.5. The molecule has 0 heterocycles. The van der Waals surface area contributed by atoms with E-state index in [0.29, 0.717) is 18.1 Å². The van der Waals surface area contributed by atoms with Gasteiger partial charge in [-0.15, -0.1) is 0 Å². The monoisotopic (exact) mass is 224 g/mol. The molecule has 0 saturated heterocycles. The zero-order valence-electron chi connectivity index (χ0n) is 8.78. The van der Waals surface area contributed by atoms with Gasteiger partial charge < -0.3 is 9.84 Å². The lowest BCUT2D eigenvalue weighted by Gasteiger charge is -2.10. The molecule has 1 saturated carbocycles. The van der Waals surface area contributed by atoms with Crippen molar-refractivity contribution >= 4 is 5.97 Å². The zero-order chi connectivity index (χ0) is 11.5. The van der Waals surface area contributed by atoms with Gasteiger partial charge in [0, 0.05) is 5.56 Å². The van der Waals surface area contributed by atoms with Crippen LogP contribution in [0.5, 0.6) is 5.75 Å². The Kier molecular flexibility index (Phi) is 3.08. The van der Waals surface area contributed by atoms with Gasteiger partial charge in [0.1, 0.15) is 0 Å². The molecule has 0 aromatic heterocycles. The van der Waals surface area contributed by atoms with E-state index in [9.17, 15) is 9.18 Å². The van der Waals surface area contributed by atoms with Gasteiger partial charge in [-0.2, -0.15) is 0 Å². The first-order valence-corrected chi connectivity index (χ1v) is 5.29. The summed E-state index contributed by atoms with van der Waals surface area (Å²) in [4.78, 5) is 10.6. The topological polar surface area (TPSA) is 46.5 Å². The lowest BCUT2D eigenvalue weighted by molar-refractivity contribution is -0.136. The number of hydrogen-bond donors (Lipinski definition) is 1. The first-order valence-electron chi connectivity index (χ1n) is 5.29. The van der Waals surface area contributed by atoms with Gasteiger partial charge in [0.15, 0.2) is 11.6 Å². The van der Waals surface area contributed by atoms with Crippen LogP contribution in [0.1, 0.15) is 18.4 Å². The number of hydrogen-bond acceptors (Lipinski definition) is 2. The third-order valence-corrected chi connectivity index (χ3v) is 2.55. The van der Waals surface area contributed by atoms with Gasteiger partial charge in [-0.25, -0.2) is 4.39 Å². The van der Waals surface area contributed by atoms with Crippen molar-refractivity contribution in [2.24, 2.45) is 5.92 Å². The summed E-state index contributed by atoms with van der Waals surface area (Å²) in [6.07, 6.45) is 2.02. The van der Waals surface area contributed by atoms with Crippen LogP contribution in [0.4, 0.5) is 4.39 Å². The highest BCUT2D eigenvalue weighted by atomic mass is 19.1. The van der Waals surface area contributed by atoms with Crippen LogP contribution in [0, 0.1) is 11.7 Å². The normalized spacial score (nSPS) is 14.8. The van der Waals surface area contributed by atoms with Gasteiger partial charge >= 0.3 is 5.97 Å². The average molecular weight is 224 g/mol. The van der Waals surface area contributed by atoms with E-state index in [1.807, 2.05) is 0 Å². The molecular weight excluding hydrogens is 211 g/mol. The fourth-order valence-electron chi connectivity index (χ4n) is 1.50. The first kappa shape index (κ1) is 10.9. The van der Waals surface area contributed by atoms with Crippen molar-refractivity contribution in [1.29, 1.82) is 0 Å². The molecule has 1 aliphatic rings. The second-order valence-corrected chi connectivity index (χ2v) is 4.05. The Bertz CT molecular complexity index is 399. The molecule has 1 N–H and O–H groups in total. The molecule has 3 nitrogen and oxygen atoms in total. The summed E-state index contributed by atoms with van der Waals surface area (Å²) < 4.78 is 18.8. The van der Waals surface area contributed by atoms with E-state index in [1.54, 1.807) is 6.07 Å². The lowest BCUT2D eigenvalue weighted by Crippen LogP contribution is -2.07. The van der Waals surface area contributed by atoms with Gasteiger partial charge in [0.2, 0.25) is 0 Å². The number of aliphatic carboxylic acids is 1. The van der Waals surface area contributed by atoms with Gasteiger partial charge in [0.05, 0.1) is 13.0 Å². The Balaban J connectivity index is 2.13. The quantitative estimate of drug-likeness (QED) is 0.834. The van der Waals surface area contributed by atoms with E-state index < -0.39 is 11.8 Å². The van der Waals surface area contributed by atoms with Crippen LogP contribution in [0.2, 0.25) is 0 Å². The van der Waals surface area contributed by atoms with Crippen molar-refractivity contribution in [3.05, 3.63) is 29.6 Å². The number of carbonyl (C=O) groups is 1. The molecule has 86 valence electrons. The maximum absolute atomic E-state index is 13.5. The molecule has 1 aromatic carbocycles. The molecule has 0 radical (unpaired) electrons. The predicted molar refractivity (Wildman–Crippen MR) is 56.0 cm³/mol. The van der Waals surface area contributed by atoms with E-state index in [4.69, 9.17) is 9.84 Å². The number of para-hydroxylation sites is 1. The smallest absolute Gasteiger partial charge is 0.307 e. The zero-order valence-corrected chi connectivity index (χ0v) is 8.78. The van der Waals surface area contributed by atoms with E-state index in [0.717, 1.165) is 12.8 Å². The molecule has 0 aliphatic heterocycles. The molecule has 16 heavy (non-hydrogen) atoms. The van der Waals surface area contributed by atoms with Crippen molar-refractivity contribution in [3.63, 3.8) is 0 Å².